The number of nitrogens with one attached hydrogen (secondary N) is 1. The van der Waals surface area contributed by atoms with Crippen molar-refractivity contribution in [3.05, 3.63) is 16.6 Å². The number of amides is 4. The summed E-state index contributed by atoms with van der Waals surface area (Å²) in [6, 6.07) is -0.517. The maximum Gasteiger partial charge on any atom is 0.325 e. The van der Waals surface area contributed by atoms with Gasteiger partial charge in [0, 0.05) is 18.1 Å². The summed E-state index contributed by atoms with van der Waals surface area (Å²) in [7, 11) is 0. The van der Waals surface area contributed by atoms with Gasteiger partial charge in [-0.1, -0.05) is 0 Å². The monoisotopic (exact) mass is 294 g/mol. The number of imide groups is 1. The molecule has 2 aliphatic heterocycles. The quantitative estimate of drug-likeness (QED) is 0.816. The Morgan fingerprint density at radius 2 is 2.35 bits per heavy atom. The molecule has 20 heavy (non-hydrogen) atoms. The van der Waals surface area contributed by atoms with E-state index in [0.717, 1.165) is 22.7 Å². The first-order valence-electron chi connectivity index (χ1n) is 6.44. The zero-order chi connectivity index (χ0) is 14.1. The number of likely N-dealkylation sites (tertiary alicyclic amines) is 1. The lowest BCUT2D eigenvalue weighted by molar-refractivity contribution is -0.137. The van der Waals surface area contributed by atoms with Gasteiger partial charge in [0.1, 0.15) is 11.6 Å². The number of nitrogens with zero attached hydrogens (tertiary/aromatic N) is 3. The Morgan fingerprint density at radius 3 is 3.00 bits per heavy atom. The van der Waals surface area contributed by atoms with E-state index < -0.39 is 6.03 Å². The van der Waals surface area contributed by atoms with Crippen molar-refractivity contribution in [1.29, 1.82) is 0 Å². The van der Waals surface area contributed by atoms with Crippen LogP contribution in [0.1, 0.15) is 23.9 Å². The topological polar surface area (TPSA) is 82.6 Å². The fraction of sp³-hybridized carbons (Fsp3) is 0.500. The van der Waals surface area contributed by atoms with Crippen LogP contribution in [0.5, 0.6) is 0 Å². The molecule has 0 unspecified atom stereocenters. The van der Waals surface area contributed by atoms with Crippen LogP contribution in [0.25, 0.3) is 0 Å². The van der Waals surface area contributed by atoms with Gasteiger partial charge in [-0.15, -0.1) is 11.3 Å². The highest BCUT2D eigenvalue weighted by molar-refractivity contribution is 7.09. The highest BCUT2D eigenvalue weighted by Gasteiger charge is 2.36. The fourth-order valence-corrected chi connectivity index (χ4v) is 3.35. The molecule has 4 amide bonds. The Bertz CT molecular complexity index is 529. The first kappa shape index (κ1) is 13.0. The number of thiazole rings is 1. The van der Waals surface area contributed by atoms with Crippen molar-refractivity contribution in [2.75, 3.05) is 19.6 Å². The SMILES string of the molecule is O=C1CNC(=O)N1CC(=O)N1CCC[C@H]1c1nccs1. The number of hydrogen-bond acceptors (Lipinski definition) is 5. The van der Waals surface area contributed by atoms with Crippen LogP contribution in [0, 0.1) is 0 Å². The van der Waals surface area contributed by atoms with Crippen molar-refractivity contribution in [2.45, 2.75) is 18.9 Å². The Balaban J connectivity index is 1.70. The van der Waals surface area contributed by atoms with E-state index in [9.17, 15) is 14.4 Å². The number of hydrogen-bond donors (Lipinski definition) is 1. The van der Waals surface area contributed by atoms with Crippen LogP contribution in [-0.4, -0.2) is 52.3 Å². The third kappa shape index (κ3) is 2.26. The highest BCUT2D eigenvalue weighted by Crippen LogP contribution is 2.33. The molecule has 1 atom stereocenters. The largest absolute Gasteiger partial charge is 0.332 e. The van der Waals surface area contributed by atoms with Crippen LogP contribution in [0.15, 0.2) is 11.6 Å². The minimum absolute atomic E-state index is 0.0248. The summed E-state index contributed by atoms with van der Waals surface area (Å²) in [6.07, 6.45) is 3.51. The molecule has 0 saturated carbocycles. The number of carbonyl (C=O) groups is 3. The lowest BCUT2D eigenvalue weighted by atomic mass is 10.2. The predicted molar refractivity (Wildman–Crippen MR) is 70.9 cm³/mol. The number of carbonyl (C=O) groups excluding carboxylic acids is 3. The maximum absolute atomic E-state index is 12.3. The van der Waals surface area contributed by atoms with Gasteiger partial charge < -0.3 is 10.2 Å². The number of aromatic nitrogens is 1. The highest BCUT2D eigenvalue weighted by atomic mass is 32.1. The van der Waals surface area contributed by atoms with Crippen molar-refractivity contribution < 1.29 is 14.4 Å². The minimum atomic E-state index is -0.492. The fourth-order valence-electron chi connectivity index (χ4n) is 2.56. The second-order valence-corrected chi connectivity index (χ2v) is 5.68. The van der Waals surface area contributed by atoms with Crippen LogP contribution < -0.4 is 5.32 Å². The van der Waals surface area contributed by atoms with Crippen LogP contribution in [0.3, 0.4) is 0 Å². The molecule has 3 rings (SSSR count). The van der Waals surface area contributed by atoms with Crippen LogP contribution in [0.2, 0.25) is 0 Å². The summed E-state index contributed by atoms with van der Waals surface area (Å²) >= 11 is 1.52. The molecule has 7 nitrogen and oxygen atoms in total. The Kier molecular flexibility index (Phi) is 3.39. The first-order chi connectivity index (χ1) is 9.66. The van der Waals surface area contributed by atoms with Gasteiger partial charge in [-0.25, -0.2) is 9.78 Å². The lowest BCUT2D eigenvalue weighted by Gasteiger charge is -2.24. The average molecular weight is 294 g/mol. The second kappa shape index (κ2) is 5.20. The van der Waals surface area contributed by atoms with Gasteiger partial charge in [0.05, 0.1) is 12.6 Å². The van der Waals surface area contributed by atoms with Crippen molar-refractivity contribution in [3.8, 4) is 0 Å². The summed E-state index contributed by atoms with van der Waals surface area (Å²) < 4.78 is 0. The Hall–Kier alpha value is -1.96. The zero-order valence-electron chi connectivity index (χ0n) is 10.7. The van der Waals surface area contributed by atoms with Gasteiger partial charge in [0.25, 0.3) is 5.91 Å². The van der Waals surface area contributed by atoms with Crippen LogP contribution >= 0.6 is 11.3 Å². The summed E-state index contributed by atoms with van der Waals surface area (Å²) in [5.41, 5.74) is 0. The van der Waals surface area contributed by atoms with Gasteiger partial charge in [-0.3, -0.25) is 14.5 Å². The minimum Gasteiger partial charge on any atom is -0.332 e. The number of rotatable bonds is 3. The molecular formula is C12H14N4O3S. The third-order valence-corrected chi connectivity index (χ3v) is 4.42. The average Bonchev–Trinajstić information content (AvgIpc) is 3.13. The van der Waals surface area contributed by atoms with E-state index in [4.69, 9.17) is 0 Å². The molecule has 3 heterocycles. The summed E-state index contributed by atoms with van der Waals surface area (Å²) in [5, 5.41) is 5.20. The molecule has 1 N–H and O–H groups in total. The van der Waals surface area contributed by atoms with E-state index in [2.05, 4.69) is 10.3 Å². The lowest BCUT2D eigenvalue weighted by Crippen LogP contribution is -2.42. The maximum atomic E-state index is 12.3. The van der Waals surface area contributed by atoms with Crippen molar-refractivity contribution >= 4 is 29.2 Å². The Morgan fingerprint density at radius 1 is 1.50 bits per heavy atom. The van der Waals surface area contributed by atoms with Gasteiger partial charge in [-0.05, 0) is 12.8 Å². The normalized spacial score (nSPS) is 22.5. The molecule has 0 aliphatic carbocycles. The van der Waals surface area contributed by atoms with Crippen molar-refractivity contribution in [3.63, 3.8) is 0 Å². The third-order valence-electron chi connectivity index (χ3n) is 3.54. The van der Waals surface area contributed by atoms with E-state index in [1.54, 1.807) is 11.1 Å². The van der Waals surface area contributed by atoms with E-state index in [0.29, 0.717) is 6.54 Å². The first-order valence-corrected chi connectivity index (χ1v) is 7.32. The second-order valence-electron chi connectivity index (χ2n) is 4.75. The van der Waals surface area contributed by atoms with Gasteiger partial charge in [-0.2, -0.15) is 0 Å². The molecule has 2 aliphatic rings. The predicted octanol–water partition coefficient (Wildman–Crippen LogP) is 0.358. The molecular weight excluding hydrogens is 280 g/mol. The Labute approximate surface area is 119 Å². The smallest absolute Gasteiger partial charge is 0.325 e. The molecule has 0 spiro atoms. The molecule has 0 aromatic carbocycles. The molecule has 106 valence electrons. The molecule has 0 bridgehead atoms. The zero-order valence-corrected chi connectivity index (χ0v) is 11.6. The van der Waals surface area contributed by atoms with Gasteiger partial charge in [0.2, 0.25) is 5.91 Å². The van der Waals surface area contributed by atoms with E-state index in [1.807, 2.05) is 5.38 Å². The standard InChI is InChI=1S/C12H14N4O3S/c17-9-6-14-12(19)16(9)7-10(18)15-4-1-2-8(15)11-13-3-5-20-11/h3,5,8H,1-2,4,6-7H2,(H,14,19)/t8-/m0/s1. The summed E-state index contributed by atoms with van der Waals surface area (Å²) in [5.74, 6) is -0.554. The number of urea groups is 1. The molecule has 2 saturated heterocycles. The molecule has 2 fully saturated rings. The molecule has 0 radical (unpaired) electrons. The van der Waals surface area contributed by atoms with Crippen LogP contribution in [-0.2, 0) is 9.59 Å². The van der Waals surface area contributed by atoms with Gasteiger partial charge >= 0.3 is 6.03 Å². The molecule has 1 aromatic rings. The summed E-state index contributed by atoms with van der Waals surface area (Å²) in [6.45, 7) is 0.432. The summed E-state index contributed by atoms with van der Waals surface area (Å²) in [4.78, 5) is 42.2. The van der Waals surface area contributed by atoms with E-state index >= 15 is 0 Å². The molecule has 1 aromatic heterocycles. The van der Waals surface area contributed by atoms with Crippen molar-refractivity contribution in [1.82, 2.24) is 20.1 Å². The van der Waals surface area contributed by atoms with Crippen LogP contribution in [0.4, 0.5) is 4.79 Å². The van der Waals surface area contributed by atoms with E-state index in [1.165, 1.54) is 11.3 Å². The van der Waals surface area contributed by atoms with Crippen molar-refractivity contribution in [2.24, 2.45) is 0 Å². The van der Waals surface area contributed by atoms with E-state index in [-0.39, 0.29) is 30.9 Å². The van der Waals surface area contributed by atoms with Gasteiger partial charge in [0.15, 0.2) is 0 Å². The molecule has 8 heteroatoms.